The molecule has 0 heterocycles. The Labute approximate surface area is 116 Å². The summed E-state index contributed by atoms with van der Waals surface area (Å²) in [6.45, 7) is 4.32. The topological polar surface area (TPSA) is 38.3 Å². The minimum Gasteiger partial charge on any atom is -0.466 e. The molecule has 0 aliphatic carbocycles. The summed E-state index contributed by atoms with van der Waals surface area (Å²) in [6, 6.07) is 4.85. The van der Waals surface area contributed by atoms with E-state index in [0.29, 0.717) is 13.2 Å². The van der Waals surface area contributed by atoms with Crippen LogP contribution in [0.5, 0.6) is 0 Å². The van der Waals surface area contributed by atoms with Gasteiger partial charge in [0.05, 0.1) is 18.6 Å². The zero-order chi connectivity index (χ0) is 15.2. The van der Waals surface area contributed by atoms with Crippen LogP contribution in [0.1, 0.15) is 37.4 Å². The zero-order valence-electron chi connectivity index (χ0n) is 11.5. The van der Waals surface area contributed by atoms with E-state index in [1.807, 2.05) is 6.92 Å². The molecular formula is C14H18F3NO2. The molecule has 6 heteroatoms. The lowest BCUT2D eigenvalue weighted by atomic mass is 10.1. The second-order valence-corrected chi connectivity index (χ2v) is 4.35. The highest BCUT2D eigenvalue weighted by Crippen LogP contribution is 2.29. The molecule has 1 unspecified atom stereocenters. The molecule has 0 aromatic heterocycles. The number of benzene rings is 1. The first-order chi connectivity index (χ1) is 9.34. The lowest BCUT2D eigenvalue weighted by Gasteiger charge is -2.15. The number of alkyl halides is 3. The van der Waals surface area contributed by atoms with Crippen LogP contribution in [0.15, 0.2) is 24.3 Å². The van der Waals surface area contributed by atoms with E-state index in [1.165, 1.54) is 12.1 Å². The average Bonchev–Trinajstić information content (AvgIpc) is 2.38. The van der Waals surface area contributed by atoms with E-state index in [9.17, 15) is 18.0 Å². The Morgan fingerprint density at radius 3 is 2.40 bits per heavy atom. The van der Waals surface area contributed by atoms with Crippen LogP contribution in [0, 0.1) is 0 Å². The Balaban J connectivity index is 2.48. The first kappa shape index (κ1) is 16.5. The SMILES string of the molecule is CCOC(=O)CCNC(C)c1ccc(C(F)(F)F)cc1. The molecule has 0 radical (unpaired) electrons. The van der Waals surface area contributed by atoms with E-state index >= 15 is 0 Å². The maximum Gasteiger partial charge on any atom is 0.416 e. The zero-order valence-corrected chi connectivity index (χ0v) is 11.5. The first-order valence-electron chi connectivity index (χ1n) is 6.40. The molecule has 1 aromatic carbocycles. The Kier molecular flexibility index (Phi) is 6.01. The predicted molar refractivity (Wildman–Crippen MR) is 69.1 cm³/mol. The third-order valence-corrected chi connectivity index (χ3v) is 2.82. The molecule has 1 rings (SSSR count). The van der Waals surface area contributed by atoms with E-state index < -0.39 is 11.7 Å². The monoisotopic (exact) mass is 289 g/mol. The first-order valence-corrected chi connectivity index (χ1v) is 6.40. The number of ether oxygens (including phenoxy) is 1. The van der Waals surface area contributed by atoms with Gasteiger partial charge in [0.25, 0.3) is 0 Å². The molecule has 20 heavy (non-hydrogen) atoms. The van der Waals surface area contributed by atoms with E-state index in [0.717, 1.165) is 17.7 Å². The van der Waals surface area contributed by atoms with Crippen molar-refractivity contribution in [2.75, 3.05) is 13.2 Å². The smallest absolute Gasteiger partial charge is 0.416 e. The summed E-state index contributed by atoms with van der Waals surface area (Å²) < 4.78 is 42.0. The van der Waals surface area contributed by atoms with Gasteiger partial charge in [0.15, 0.2) is 0 Å². The van der Waals surface area contributed by atoms with Crippen molar-refractivity contribution in [2.45, 2.75) is 32.5 Å². The second-order valence-electron chi connectivity index (χ2n) is 4.35. The maximum absolute atomic E-state index is 12.4. The summed E-state index contributed by atoms with van der Waals surface area (Å²) in [7, 11) is 0. The molecule has 0 saturated carbocycles. The molecule has 1 aromatic rings. The predicted octanol–water partition coefficient (Wildman–Crippen LogP) is 3.31. The van der Waals surface area contributed by atoms with E-state index in [2.05, 4.69) is 5.32 Å². The summed E-state index contributed by atoms with van der Waals surface area (Å²) in [4.78, 5) is 11.1. The van der Waals surface area contributed by atoms with Gasteiger partial charge in [-0.05, 0) is 31.5 Å². The molecule has 0 amide bonds. The van der Waals surface area contributed by atoms with Crippen LogP contribution in [0.3, 0.4) is 0 Å². The van der Waals surface area contributed by atoms with Gasteiger partial charge < -0.3 is 10.1 Å². The van der Waals surface area contributed by atoms with Crippen molar-refractivity contribution in [3.05, 3.63) is 35.4 Å². The van der Waals surface area contributed by atoms with Crippen LogP contribution in [-0.2, 0) is 15.7 Å². The van der Waals surface area contributed by atoms with Crippen molar-refractivity contribution < 1.29 is 22.7 Å². The highest BCUT2D eigenvalue weighted by atomic mass is 19.4. The molecule has 3 nitrogen and oxygen atoms in total. The summed E-state index contributed by atoms with van der Waals surface area (Å²) >= 11 is 0. The number of nitrogens with one attached hydrogen (secondary N) is 1. The van der Waals surface area contributed by atoms with Gasteiger partial charge in [-0.2, -0.15) is 13.2 Å². The average molecular weight is 289 g/mol. The van der Waals surface area contributed by atoms with Crippen LogP contribution in [-0.4, -0.2) is 19.1 Å². The third-order valence-electron chi connectivity index (χ3n) is 2.82. The van der Waals surface area contributed by atoms with Gasteiger partial charge in [-0.1, -0.05) is 12.1 Å². The third kappa shape index (κ3) is 5.21. The minimum absolute atomic E-state index is 0.133. The van der Waals surface area contributed by atoms with Crippen molar-refractivity contribution in [1.82, 2.24) is 5.32 Å². The molecule has 0 aliphatic rings. The van der Waals surface area contributed by atoms with Gasteiger partial charge in [-0.3, -0.25) is 4.79 Å². The number of carbonyl (C=O) groups excluding carboxylic acids is 1. The number of hydrogen-bond acceptors (Lipinski definition) is 3. The summed E-state index contributed by atoms with van der Waals surface area (Å²) in [5.41, 5.74) is 0.0711. The van der Waals surface area contributed by atoms with Crippen LogP contribution >= 0.6 is 0 Å². The fourth-order valence-electron chi connectivity index (χ4n) is 1.70. The summed E-state index contributed by atoms with van der Waals surface area (Å²) in [5, 5.41) is 3.06. The maximum atomic E-state index is 12.4. The Bertz CT molecular complexity index is 429. The lowest BCUT2D eigenvalue weighted by Crippen LogP contribution is -2.22. The largest absolute Gasteiger partial charge is 0.466 e. The highest BCUT2D eigenvalue weighted by molar-refractivity contribution is 5.69. The number of hydrogen-bond donors (Lipinski definition) is 1. The van der Waals surface area contributed by atoms with Crippen molar-refractivity contribution >= 4 is 5.97 Å². The molecule has 0 saturated heterocycles. The van der Waals surface area contributed by atoms with E-state index in [4.69, 9.17) is 4.74 Å². The van der Waals surface area contributed by atoms with E-state index in [1.54, 1.807) is 6.92 Å². The molecule has 112 valence electrons. The van der Waals surface area contributed by atoms with Crippen molar-refractivity contribution in [2.24, 2.45) is 0 Å². The van der Waals surface area contributed by atoms with Crippen molar-refractivity contribution in [1.29, 1.82) is 0 Å². The Morgan fingerprint density at radius 1 is 1.30 bits per heavy atom. The second kappa shape index (κ2) is 7.28. The van der Waals surface area contributed by atoms with Crippen LogP contribution in [0.2, 0.25) is 0 Å². The summed E-state index contributed by atoms with van der Waals surface area (Å²) in [6.07, 6.45) is -4.09. The quantitative estimate of drug-likeness (QED) is 0.817. The molecule has 0 aliphatic heterocycles. The molecule has 0 spiro atoms. The van der Waals surface area contributed by atoms with E-state index in [-0.39, 0.29) is 18.4 Å². The van der Waals surface area contributed by atoms with Crippen LogP contribution < -0.4 is 5.32 Å². The summed E-state index contributed by atoms with van der Waals surface area (Å²) in [5.74, 6) is -0.292. The van der Waals surface area contributed by atoms with Gasteiger partial charge >= 0.3 is 12.1 Å². The van der Waals surface area contributed by atoms with Crippen molar-refractivity contribution in [3.8, 4) is 0 Å². The number of halogens is 3. The number of rotatable bonds is 6. The Morgan fingerprint density at radius 2 is 1.90 bits per heavy atom. The van der Waals surface area contributed by atoms with Crippen LogP contribution in [0.4, 0.5) is 13.2 Å². The number of carbonyl (C=O) groups is 1. The molecular weight excluding hydrogens is 271 g/mol. The standard InChI is InChI=1S/C14H18F3NO2/c1-3-20-13(19)8-9-18-10(2)11-4-6-12(7-5-11)14(15,16)17/h4-7,10,18H,3,8-9H2,1-2H3. The van der Waals surface area contributed by atoms with Crippen molar-refractivity contribution in [3.63, 3.8) is 0 Å². The Hall–Kier alpha value is -1.56. The molecule has 1 N–H and O–H groups in total. The fourth-order valence-corrected chi connectivity index (χ4v) is 1.70. The van der Waals surface area contributed by atoms with Gasteiger partial charge in [-0.15, -0.1) is 0 Å². The number of esters is 1. The lowest BCUT2D eigenvalue weighted by molar-refractivity contribution is -0.143. The highest BCUT2D eigenvalue weighted by Gasteiger charge is 2.30. The normalized spacial score (nSPS) is 13.1. The fraction of sp³-hybridized carbons (Fsp3) is 0.500. The van der Waals surface area contributed by atoms with Gasteiger partial charge in [0, 0.05) is 12.6 Å². The molecule has 1 atom stereocenters. The molecule has 0 fully saturated rings. The van der Waals surface area contributed by atoms with Gasteiger partial charge in [0.2, 0.25) is 0 Å². The van der Waals surface area contributed by atoms with Gasteiger partial charge in [0.1, 0.15) is 0 Å². The van der Waals surface area contributed by atoms with Gasteiger partial charge in [-0.25, -0.2) is 0 Å². The molecule has 0 bridgehead atoms. The van der Waals surface area contributed by atoms with Crippen LogP contribution in [0.25, 0.3) is 0 Å². The minimum atomic E-state index is -4.32.